The number of carbonyl (C=O) groups excluding carboxylic acids is 1. The molecule has 0 spiro atoms. The summed E-state index contributed by atoms with van der Waals surface area (Å²) in [5.74, 6) is -0.418. The number of rotatable bonds is 4. The van der Waals surface area contributed by atoms with E-state index < -0.39 is 5.97 Å². The molecule has 3 nitrogen and oxygen atoms in total. The Morgan fingerprint density at radius 2 is 2.33 bits per heavy atom. The zero-order valence-corrected chi connectivity index (χ0v) is 9.62. The minimum absolute atomic E-state index is 0.0803. The van der Waals surface area contributed by atoms with Gasteiger partial charge >= 0.3 is 5.97 Å². The molecule has 1 unspecified atom stereocenters. The molecule has 0 fully saturated rings. The summed E-state index contributed by atoms with van der Waals surface area (Å²) >= 11 is 5.67. The van der Waals surface area contributed by atoms with Crippen molar-refractivity contribution in [3.63, 3.8) is 0 Å². The average Bonchev–Trinajstić information content (AvgIpc) is 2.18. The van der Waals surface area contributed by atoms with Crippen molar-refractivity contribution in [2.75, 3.05) is 0 Å². The van der Waals surface area contributed by atoms with Gasteiger partial charge in [0.25, 0.3) is 0 Å². The van der Waals surface area contributed by atoms with Gasteiger partial charge in [0.2, 0.25) is 0 Å². The van der Waals surface area contributed by atoms with Crippen LogP contribution in [0, 0.1) is 0 Å². The minimum atomic E-state index is -0.418. The minimum Gasteiger partial charge on any atom is -0.458 e. The first-order chi connectivity index (χ1) is 7.13. The number of hydrogen-bond donors (Lipinski definition) is 0. The molecule has 0 saturated heterocycles. The van der Waals surface area contributed by atoms with E-state index in [-0.39, 0.29) is 11.8 Å². The molecule has 1 aromatic heterocycles. The molecule has 0 bridgehead atoms. The number of ether oxygens (including phenoxy) is 1. The van der Waals surface area contributed by atoms with Gasteiger partial charge in [-0.1, -0.05) is 31.0 Å². The van der Waals surface area contributed by atoms with Crippen molar-refractivity contribution in [1.29, 1.82) is 0 Å². The fraction of sp³-hybridized carbons (Fsp3) is 0.455. The van der Waals surface area contributed by atoms with Crippen molar-refractivity contribution in [2.45, 2.75) is 32.8 Å². The fourth-order valence-electron chi connectivity index (χ4n) is 1.23. The van der Waals surface area contributed by atoms with Crippen LogP contribution in [0.1, 0.15) is 37.2 Å². The summed E-state index contributed by atoms with van der Waals surface area (Å²) in [6.07, 6.45) is 1.76. The van der Waals surface area contributed by atoms with Gasteiger partial charge in [-0.05, 0) is 25.5 Å². The number of carbonyl (C=O) groups is 1. The van der Waals surface area contributed by atoms with Crippen LogP contribution in [0.3, 0.4) is 0 Å². The van der Waals surface area contributed by atoms with Crippen LogP contribution in [0.2, 0.25) is 5.15 Å². The molecule has 0 aromatic carbocycles. The summed E-state index contributed by atoms with van der Waals surface area (Å²) in [5.41, 5.74) is 0.255. The molecule has 0 N–H and O–H groups in total. The van der Waals surface area contributed by atoms with E-state index in [4.69, 9.17) is 16.3 Å². The van der Waals surface area contributed by atoms with E-state index in [1.54, 1.807) is 18.2 Å². The van der Waals surface area contributed by atoms with E-state index in [2.05, 4.69) is 4.98 Å². The number of pyridine rings is 1. The van der Waals surface area contributed by atoms with Crippen molar-refractivity contribution in [3.05, 3.63) is 29.0 Å². The standard InChI is InChI=1S/C11H14ClNO2/c1-3-5-8(2)15-11(14)9-6-4-7-10(12)13-9/h4,6-8H,3,5H2,1-2H3. The third kappa shape index (κ3) is 3.88. The molecule has 15 heavy (non-hydrogen) atoms. The van der Waals surface area contributed by atoms with Gasteiger partial charge in [0.05, 0.1) is 6.10 Å². The molecule has 0 saturated carbocycles. The van der Waals surface area contributed by atoms with Crippen LogP contribution >= 0.6 is 11.6 Å². The van der Waals surface area contributed by atoms with Crippen LogP contribution in [0.4, 0.5) is 0 Å². The van der Waals surface area contributed by atoms with E-state index in [0.29, 0.717) is 5.15 Å². The molecule has 1 heterocycles. The van der Waals surface area contributed by atoms with Gasteiger partial charge in [-0.2, -0.15) is 0 Å². The molecule has 0 amide bonds. The van der Waals surface area contributed by atoms with Gasteiger partial charge in [-0.25, -0.2) is 9.78 Å². The van der Waals surface area contributed by atoms with Crippen LogP contribution in [0.15, 0.2) is 18.2 Å². The molecule has 4 heteroatoms. The largest absolute Gasteiger partial charge is 0.458 e. The Balaban J connectivity index is 2.61. The van der Waals surface area contributed by atoms with E-state index in [1.807, 2.05) is 13.8 Å². The fourth-order valence-corrected chi connectivity index (χ4v) is 1.39. The second kappa shape index (κ2) is 5.71. The molecule has 0 aliphatic heterocycles. The van der Waals surface area contributed by atoms with Crippen molar-refractivity contribution < 1.29 is 9.53 Å². The average molecular weight is 228 g/mol. The Bertz CT molecular complexity index is 341. The first kappa shape index (κ1) is 12.0. The summed E-state index contributed by atoms with van der Waals surface area (Å²) in [6, 6.07) is 4.89. The highest BCUT2D eigenvalue weighted by Crippen LogP contribution is 2.09. The highest BCUT2D eigenvalue weighted by molar-refractivity contribution is 6.29. The smallest absolute Gasteiger partial charge is 0.357 e. The third-order valence-electron chi connectivity index (χ3n) is 1.93. The summed E-state index contributed by atoms with van der Waals surface area (Å²) in [4.78, 5) is 15.4. The SMILES string of the molecule is CCCC(C)OC(=O)c1cccc(Cl)n1. The Morgan fingerprint density at radius 1 is 1.60 bits per heavy atom. The van der Waals surface area contributed by atoms with Gasteiger partial charge in [-0.15, -0.1) is 0 Å². The zero-order valence-electron chi connectivity index (χ0n) is 8.87. The predicted molar refractivity (Wildman–Crippen MR) is 59.0 cm³/mol. The summed E-state index contributed by atoms with van der Waals surface area (Å²) in [6.45, 7) is 3.91. The van der Waals surface area contributed by atoms with E-state index in [0.717, 1.165) is 12.8 Å². The normalized spacial score (nSPS) is 12.2. The molecule has 0 aliphatic carbocycles. The molecule has 1 aromatic rings. The number of esters is 1. The topological polar surface area (TPSA) is 39.2 Å². The van der Waals surface area contributed by atoms with Gasteiger partial charge in [0.1, 0.15) is 10.8 Å². The molecular weight excluding hydrogens is 214 g/mol. The van der Waals surface area contributed by atoms with Crippen LogP contribution in [-0.2, 0) is 4.74 Å². The third-order valence-corrected chi connectivity index (χ3v) is 2.14. The predicted octanol–water partition coefficient (Wildman–Crippen LogP) is 3.08. The first-order valence-electron chi connectivity index (χ1n) is 4.97. The highest BCUT2D eigenvalue weighted by atomic mass is 35.5. The lowest BCUT2D eigenvalue weighted by atomic mass is 10.2. The van der Waals surface area contributed by atoms with Crippen molar-refractivity contribution in [3.8, 4) is 0 Å². The Kier molecular flexibility index (Phi) is 4.56. The second-order valence-corrected chi connectivity index (χ2v) is 3.74. The molecule has 0 radical (unpaired) electrons. The first-order valence-corrected chi connectivity index (χ1v) is 5.34. The van der Waals surface area contributed by atoms with E-state index in [1.165, 1.54) is 0 Å². The van der Waals surface area contributed by atoms with Gasteiger partial charge in [0, 0.05) is 0 Å². The number of aromatic nitrogens is 1. The van der Waals surface area contributed by atoms with E-state index >= 15 is 0 Å². The maximum atomic E-state index is 11.5. The Morgan fingerprint density at radius 3 is 2.93 bits per heavy atom. The molecule has 1 atom stereocenters. The molecule has 0 aliphatic rings. The van der Waals surface area contributed by atoms with Crippen molar-refractivity contribution in [2.24, 2.45) is 0 Å². The summed E-state index contributed by atoms with van der Waals surface area (Å²) < 4.78 is 5.17. The lowest BCUT2D eigenvalue weighted by Gasteiger charge is -2.11. The maximum Gasteiger partial charge on any atom is 0.357 e. The molecule has 1 rings (SSSR count). The zero-order chi connectivity index (χ0) is 11.3. The van der Waals surface area contributed by atoms with Gasteiger partial charge in [-0.3, -0.25) is 0 Å². The quantitative estimate of drug-likeness (QED) is 0.586. The van der Waals surface area contributed by atoms with Gasteiger partial charge < -0.3 is 4.74 Å². The monoisotopic (exact) mass is 227 g/mol. The number of nitrogens with zero attached hydrogens (tertiary/aromatic N) is 1. The van der Waals surface area contributed by atoms with Crippen LogP contribution in [-0.4, -0.2) is 17.1 Å². The summed E-state index contributed by atoms with van der Waals surface area (Å²) in [5, 5.41) is 0.299. The van der Waals surface area contributed by atoms with Crippen LogP contribution in [0.25, 0.3) is 0 Å². The molecular formula is C11H14ClNO2. The lowest BCUT2D eigenvalue weighted by Crippen LogP contribution is -2.15. The second-order valence-electron chi connectivity index (χ2n) is 3.35. The van der Waals surface area contributed by atoms with Crippen LogP contribution < -0.4 is 0 Å². The number of halogens is 1. The van der Waals surface area contributed by atoms with E-state index in [9.17, 15) is 4.79 Å². The summed E-state index contributed by atoms with van der Waals surface area (Å²) in [7, 11) is 0. The van der Waals surface area contributed by atoms with Crippen LogP contribution in [0.5, 0.6) is 0 Å². The lowest BCUT2D eigenvalue weighted by molar-refractivity contribution is 0.0316. The molecule has 82 valence electrons. The van der Waals surface area contributed by atoms with Gasteiger partial charge in [0.15, 0.2) is 0 Å². The Labute approximate surface area is 94.4 Å². The maximum absolute atomic E-state index is 11.5. The Hall–Kier alpha value is -1.09. The van der Waals surface area contributed by atoms with Crippen molar-refractivity contribution >= 4 is 17.6 Å². The number of hydrogen-bond acceptors (Lipinski definition) is 3. The van der Waals surface area contributed by atoms with Crippen molar-refractivity contribution in [1.82, 2.24) is 4.98 Å². The highest BCUT2D eigenvalue weighted by Gasteiger charge is 2.12.